The Bertz CT molecular complexity index is 1070. The first-order chi connectivity index (χ1) is 16.0. The summed E-state index contributed by atoms with van der Waals surface area (Å²) in [5.41, 5.74) is 5.12. The van der Waals surface area contributed by atoms with Gasteiger partial charge in [-0.25, -0.2) is 4.98 Å². The molecule has 6 nitrogen and oxygen atoms in total. The summed E-state index contributed by atoms with van der Waals surface area (Å²) in [6, 6.07) is 14.2. The van der Waals surface area contributed by atoms with Crippen molar-refractivity contribution in [2.24, 2.45) is 0 Å². The van der Waals surface area contributed by atoms with Gasteiger partial charge in [0.2, 0.25) is 5.91 Å². The molecule has 0 saturated carbocycles. The Morgan fingerprint density at radius 1 is 1.09 bits per heavy atom. The van der Waals surface area contributed by atoms with Crippen molar-refractivity contribution in [1.29, 1.82) is 0 Å². The summed E-state index contributed by atoms with van der Waals surface area (Å²) in [5.74, 6) is 0.764. The van der Waals surface area contributed by atoms with Crippen LogP contribution in [0.1, 0.15) is 28.8 Å². The molecule has 0 bridgehead atoms. The first kappa shape index (κ1) is 23.3. The minimum Gasteiger partial charge on any atom is -0.486 e. The second-order valence-corrected chi connectivity index (χ2v) is 9.42. The smallest absolute Gasteiger partial charge is 0.230 e. The molecule has 2 heterocycles. The lowest BCUT2D eigenvalue weighted by Gasteiger charge is -2.35. The van der Waals surface area contributed by atoms with Crippen LogP contribution in [-0.4, -0.2) is 48.5 Å². The molecule has 4 rings (SSSR count). The Morgan fingerprint density at radius 2 is 1.85 bits per heavy atom. The van der Waals surface area contributed by atoms with Gasteiger partial charge in [-0.15, -0.1) is 11.3 Å². The Balaban J connectivity index is 1.28. The molecule has 7 heteroatoms. The van der Waals surface area contributed by atoms with Crippen LogP contribution in [0.2, 0.25) is 0 Å². The summed E-state index contributed by atoms with van der Waals surface area (Å²) >= 11 is 1.52. The predicted molar refractivity (Wildman–Crippen MR) is 135 cm³/mol. The van der Waals surface area contributed by atoms with Crippen molar-refractivity contribution in [2.75, 3.05) is 42.9 Å². The van der Waals surface area contributed by atoms with Gasteiger partial charge in [-0.05, 0) is 56.3 Å². The molecule has 0 aliphatic carbocycles. The third-order valence-corrected chi connectivity index (χ3v) is 6.86. The number of hydrogen-bond acceptors (Lipinski definition) is 6. The molecule has 1 saturated heterocycles. The van der Waals surface area contributed by atoms with E-state index in [-0.39, 0.29) is 12.3 Å². The number of hydrogen-bond donors (Lipinski definition) is 1. The van der Waals surface area contributed by atoms with Gasteiger partial charge in [0.15, 0.2) is 0 Å². The van der Waals surface area contributed by atoms with Gasteiger partial charge >= 0.3 is 0 Å². The number of piperazine rings is 1. The van der Waals surface area contributed by atoms with Crippen LogP contribution in [0.25, 0.3) is 0 Å². The molecule has 0 unspecified atom stereocenters. The highest BCUT2D eigenvalue weighted by Gasteiger charge is 2.17. The summed E-state index contributed by atoms with van der Waals surface area (Å²) in [7, 11) is 0. The van der Waals surface area contributed by atoms with Gasteiger partial charge in [-0.2, -0.15) is 0 Å². The Hall–Kier alpha value is -2.90. The van der Waals surface area contributed by atoms with Gasteiger partial charge in [0.05, 0.1) is 12.1 Å². The second-order valence-electron chi connectivity index (χ2n) is 8.48. The normalized spacial score (nSPS) is 14.3. The molecule has 1 aromatic heterocycles. The number of aromatic nitrogens is 1. The number of likely N-dealkylation sites (N-methyl/N-ethyl adjacent to an activating group) is 1. The molecule has 1 amide bonds. The van der Waals surface area contributed by atoms with Crippen molar-refractivity contribution in [3.8, 4) is 5.75 Å². The van der Waals surface area contributed by atoms with E-state index in [1.54, 1.807) is 0 Å². The highest BCUT2D eigenvalue weighted by Crippen LogP contribution is 2.24. The van der Waals surface area contributed by atoms with E-state index in [1.807, 2.05) is 49.6 Å². The molecule has 1 N–H and O–H groups in total. The van der Waals surface area contributed by atoms with Crippen molar-refractivity contribution in [3.05, 3.63) is 69.7 Å². The zero-order chi connectivity index (χ0) is 23.2. The Morgan fingerprint density at radius 3 is 2.55 bits per heavy atom. The molecule has 0 radical (unpaired) electrons. The number of nitrogens with one attached hydrogen (secondary N) is 1. The maximum Gasteiger partial charge on any atom is 0.230 e. The zero-order valence-electron chi connectivity index (χ0n) is 19.6. The fourth-order valence-electron chi connectivity index (χ4n) is 3.94. The molecule has 1 aliphatic rings. The lowest BCUT2D eigenvalue weighted by molar-refractivity contribution is -0.115. The number of ether oxygens (including phenoxy) is 1. The highest BCUT2D eigenvalue weighted by molar-refractivity contribution is 7.09. The van der Waals surface area contributed by atoms with Crippen LogP contribution >= 0.6 is 11.3 Å². The highest BCUT2D eigenvalue weighted by atomic mass is 32.1. The molecule has 2 aromatic carbocycles. The van der Waals surface area contributed by atoms with Crippen molar-refractivity contribution < 1.29 is 9.53 Å². The monoisotopic (exact) mass is 464 g/mol. The minimum atomic E-state index is -0.0567. The van der Waals surface area contributed by atoms with E-state index in [1.165, 1.54) is 22.6 Å². The standard InChI is InChI=1S/C26H32N4O2S/c1-4-29-11-13-30(14-12-29)22-7-10-24(20(3)15-22)28-25(31)16-21-18-33-26(27-21)17-32-23-8-5-19(2)6-9-23/h5-10,15,18H,4,11-14,16-17H2,1-3H3,(H,28,31). The minimum absolute atomic E-state index is 0.0567. The number of aryl methyl sites for hydroxylation is 2. The number of rotatable bonds is 8. The van der Waals surface area contributed by atoms with E-state index in [4.69, 9.17) is 4.74 Å². The van der Waals surface area contributed by atoms with Crippen molar-refractivity contribution >= 4 is 28.6 Å². The van der Waals surface area contributed by atoms with Gasteiger partial charge < -0.3 is 19.9 Å². The topological polar surface area (TPSA) is 57.7 Å². The van der Waals surface area contributed by atoms with E-state index in [2.05, 4.69) is 39.2 Å². The number of nitrogens with zero attached hydrogens (tertiary/aromatic N) is 3. The lowest BCUT2D eigenvalue weighted by Crippen LogP contribution is -2.46. The number of carbonyl (C=O) groups is 1. The second kappa shape index (κ2) is 10.8. The van der Waals surface area contributed by atoms with Crippen molar-refractivity contribution in [3.63, 3.8) is 0 Å². The van der Waals surface area contributed by atoms with Crippen LogP contribution < -0.4 is 15.0 Å². The molecular weight excluding hydrogens is 432 g/mol. The van der Waals surface area contributed by atoms with Crippen LogP contribution in [0.15, 0.2) is 47.8 Å². The summed E-state index contributed by atoms with van der Waals surface area (Å²) in [4.78, 5) is 22.1. The predicted octanol–water partition coefficient (Wildman–Crippen LogP) is 4.66. The fourth-order valence-corrected chi connectivity index (χ4v) is 4.65. The van der Waals surface area contributed by atoms with E-state index in [9.17, 15) is 4.79 Å². The summed E-state index contributed by atoms with van der Waals surface area (Å²) in [5, 5.41) is 5.84. The molecule has 1 fully saturated rings. The van der Waals surface area contributed by atoms with Gasteiger partial charge in [0, 0.05) is 42.9 Å². The zero-order valence-corrected chi connectivity index (χ0v) is 20.5. The first-order valence-corrected chi connectivity index (χ1v) is 12.4. The average Bonchev–Trinajstić information content (AvgIpc) is 3.27. The Labute approximate surface area is 200 Å². The van der Waals surface area contributed by atoms with Crippen LogP contribution in [0.4, 0.5) is 11.4 Å². The van der Waals surface area contributed by atoms with E-state index >= 15 is 0 Å². The molecule has 0 spiro atoms. The Kier molecular flexibility index (Phi) is 7.62. The molecule has 0 atom stereocenters. The van der Waals surface area contributed by atoms with E-state index in [0.717, 1.165) is 60.4 Å². The largest absolute Gasteiger partial charge is 0.486 e. The van der Waals surface area contributed by atoms with Gasteiger partial charge in [0.25, 0.3) is 0 Å². The number of anilines is 2. The number of carbonyl (C=O) groups excluding carboxylic acids is 1. The fraction of sp³-hybridized carbons (Fsp3) is 0.385. The maximum atomic E-state index is 12.6. The van der Waals surface area contributed by atoms with Gasteiger partial charge in [-0.3, -0.25) is 4.79 Å². The van der Waals surface area contributed by atoms with E-state index < -0.39 is 0 Å². The van der Waals surface area contributed by atoms with E-state index in [0.29, 0.717) is 6.61 Å². The maximum absolute atomic E-state index is 12.6. The lowest BCUT2D eigenvalue weighted by atomic mass is 10.1. The van der Waals surface area contributed by atoms with Crippen LogP contribution in [0.3, 0.4) is 0 Å². The SMILES string of the molecule is CCN1CCN(c2ccc(NC(=O)Cc3csc(COc4ccc(C)cc4)n3)c(C)c2)CC1. The summed E-state index contributed by atoms with van der Waals surface area (Å²) < 4.78 is 5.79. The molecule has 3 aromatic rings. The average molecular weight is 465 g/mol. The third kappa shape index (κ3) is 6.33. The molecule has 174 valence electrons. The third-order valence-electron chi connectivity index (χ3n) is 5.99. The quantitative estimate of drug-likeness (QED) is 0.525. The molecular formula is C26H32N4O2S. The summed E-state index contributed by atoms with van der Waals surface area (Å²) in [6.45, 7) is 12.1. The molecule has 33 heavy (non-hydrogen) atoms. The van der Waals surface area contributed by atoms with Crippen molar-refractivity contribution in [1.82, 2.24) is 9.88 Å². The van der Waals surface area contributed by atoms with Crippen LogP contribution in [0, 0.1) is 13.8 Å². The van der Waals surface area contributed by atoms with Crippen LogP contribution in [-0.2, 0) is 17.8 Å². The summed E-state index contributed by atoms with van der Waals surface area (Å²) in [6.07, 6.45) is 0.251. The van der Waals surface area contributed by atoms with Crippen molar-refractivity contribution in [2.45, 2.75) is 33.8 Å². The number of benzene rings is 2. The first-order valence-electron chi connectivity index (χ1n) is 11.5. The molecule has 1 aliphatic heterocycles. The van der Waals surface area contributed by atoms with Gasteiger partial charge in [0.1, 0.15) is 17.4 Å². The van der Waals surface area contributed by atoms with Gasteiger partial charge in [-0.1, -0.05) is 24.6 Å². The number of thiazole rings is 1. The van der Waals surface area contributed by atoms with Crippen LogP contribution in [0.5, 0.6) is 5.75 Å². The number of amides is 1.